The second kappa shape index (κ2) is 6.73. The molecule has 0 bridgehead atoms. The third kappa shape index (κ3) is 3.83. The number of aryl methyl sites for hydroxylation is 1. The molecule has 2 heterocycles. The average molecular weight is 314 g/mol. The number of hydrogen-bond donors (Lipinski definition) is 1. The van der Waals surface area contributed by atoms with Gasteiger partial charge >= 0.3 is 0 Å². The summed E-state index contributed by atoms with van der Waals surface area (Å²) in [6.07, 6.45) is 3.23. The zero-order valence-corrected chi connectivity index (χ0v) is 13.1. The van der Waals surface area contributed by atoms with Crippen LogP contribution in [-0.2, 0) is 0 Å². The molecule has 6 heteroatoms. The first-order valence-corrected chi connectivity index (χ1v) is 7.79. The topological polar surface area (TPSA) is 58.1 Å². The highest BCUT2D eigenvalue weighted by atomic mass is 19.1. The minimum atomic E-state index is -0.340. The third-order valence-electron chi connectivity index (χ3n) is 3.80. The Morgan fingerprint density at radius 1 is 1.17 bits per heavy atom. The van der Waals surface area contributed by atoms with Gasteiger partial charge in [-0.1, -0.05) is 6.07 Å². The van der Waals surface area contributed by atoms with Crippen molar-refractivity contribution in [3.8, 4) is 0 Å². The number of benzene rings is 1. The van der Waals surface area contributed by atoms with Crippen LogP contribution in [0.25, 0.3) is 0 Å². The standard InChI is InChI=1S/C17H19FN4O/c1-12-10-15(16(23)22-8-3-2-4-9-22)21-17(19-12)20-14-7-5-6-13(18)11-14/h5-7,10-11H,2-4,8-9H2,1H3,(H,19,20,21). The molecule has 0 spiro atoms. The minimum absolute atomic E-state index is 0.0718. The van der Waals surface area contributed by atoms with E-state index in [9.17, 15) is 9.18 Å². The van der Waals surface area contributed by atoms with Crippen LogP contribution in [0, 0.1) is 12.7 Å². The van der Waals surface area contributed by atoms with Crippen LogP contribution >= 0.6 is 0 Å². The Kier molecular flexibility index (Phi) is 4.50. The molecule has 1 fully saturated rings. The summed E-state index contributed by atoms with van der Waals surface area (Å²) in [4.78, 5) is 23.0. The fraction of sp³-hybridized carbons (Fsp3) is 0.353. The van der Waals surface area contributed by atoms with Crippen molar-refractivity contribution in [2.75, 3.05) is 18.4 Å². The molecule has 0 saturated carbocycles. The van der Waals surface area contributed by atoms with Crippen molar-refractivity contribution in [3.63, 3.8) is 0 Å². The number of likely N-dealkylation sites (tertiary alicyclic amines) is 1. The van der Waals surface area contributed by atoms with E-state index in [1.54, 1.807) is 18.2 Å². The van der Waals surface area contributed by atoms with E-state index in [1.807, 2.05) is 11.8 Å². The molecule has 0 unspecified atom stereocenters. The Labute approximate surface area is 134 Å². The number of amides is 1. The number of piperidine rings is 1. The maximum atomic E-state index is 13.3. The molecule has 1 amide bonds. The van der Waals surface area contributed by atoms with Gasteiger partial charge in [-0.15, -0.1) is 0 Å². The first kappa shape index (κ1) is 15.4. The number of carbonyl (C=O) groups excluding carboxylic acids is 1. The lowest BCUT2D eigenvalue weighted by Crippen LogP contribution is -2.36. The number of nitrogens with zero attached hydrogens (tertiary/aromatic N) is 3. The highest BCUT2D eigenvalue weighted by molar-refractivity contribution is 5.92. The Bertz CT molecular complexity index is 713. The van der Waals surface area contributed by atoms with Crippen molar-refractivity contribution >= 4 is 17.5 Å². The molecule has 5 nitrogen and oxygen atoms in total. The monoisotopic (exact) mass is 314 g/mol. The van der Waals surface area contributed by atoms with E-state index < -0.39 is 0 Å². The molecule has 1 aliphatic rings. The SMILES string of the molecule is Cc1cc(C(=O)N2CCCCC2)nc(Nc2cccc(F)c2)n1. The van der Waals surface area contributed by atoms with Crippen LogP contribution in [0.4, 0.5) is 16.0 Å². The fourth-order valence-electron chi connectivity index (χ4n) is 2.69. The molecular weight excluding hydrogens is 295 g/mol. The van der Waals surface area contributed by atoms with Crippen molar-refractivity contribution in [1.29, 1.82) is 0 Å². The predicted octanol–water partition coefficient (Wildman–Crippen LogP) is 3.29. The van der Waals surface area contributed by atoms with E-state index in [1.165, 1.54) is 18.6 Å². The normalized spacial score (nSPS) is 14.6. The summed E-state index contributed by atoms with van der Waals surface area (Å²) >= 11 is 0. The number of nitrogens with one attached hydrogen (secondary N) is 1. The molecule has 3 rings (SSSR count). The molecule has 1 aromatic heterocycles. The maximum Gasteiger partial charge on any atom is 0.272 e. The molecule has 23 heavy (non-hydrogen) atoms. The van der Waals surface area contributed by atoms with Gasteiger partial charge in [-0.25, -0.2) is 14.4 Å². The second-order valence-electron chi connectivity index (χ2n) is 5.71. The van der Waals surface area contributed by atoms with E-state index in [-0.39, 0.29) is 11.7 Å². The van der Waals surface area contributed by atoms with Gasteiger partial charge in [0.05, 0.1) is 0 Å². The third-order valence-corrected chi connectivity index (χ3v) is 3.80. The van der Waals surface area contributed by atoms with Gasteiger partial charge < -0.3 is 10.2 Å². The molecule has 0 radical (unpaired) electrons. The van der Waals surface area contributed by atoms with Crippen LogP contribution in [0.3, 0.4) is 0 Å². The first-order chi connectivity index (χ1) is 11.1. The lowest BCUT2D eigenvalue weighted by Gasteiger charge is -2.26. The molecule has 0 aliphatic carbocycles. The number of hydrogen-bond acceptors (Lipinski definition) is 4. The minimum Gasteiger partial charge on any atom is -0.337 e. The van der Waals surface area contributed by atoms with E-state index in [2.05, 4.69) is 15.3 Å². The largest absolute Gasteiger partial charge is 0.337 e. The highest BCUT2D eigenvalue weighted by Crippen LogP contribution is 2.17. The summed E-state index contributed by atoms with van der Waals surface area (Å²) in [7, 11) is 0. The molecule has 120 valence electrons. The number of carbonyl (C=O) groups is 1. The quantitative estimate of drug-likeness (QED) is 0.944. The summed E-state index contributed by atoms with van der Waals surface area (Å²) in [5, 5.41) is 2.95. The Hall–Kier alpha value is -2.50. The van der Waals surface area contributed by atoms with E-state index >= 15 is 0 Å². The van der Waals surface area contributed by atoms with Crippen LogP contribution in [0.15, 0.2) is 30.3 Å². The predicted molar refractivity (Wildman–Crippen MR) is 86.2 cm³/mol. The molecule has 0 atom stereocenters. The van der Waals surface area contributed by atoms with E-state index in [4.69, 9.17) is 0 Å². The van der Waals surface area contributed by atoms with E-state index in [0.717, 1.165) is 25.9 Å². The molecular formula is C17H19FN4O. The van der Waals surface area contributed by atoms with Crippen molar-refractivity contribution in [2.45, 2.75) is 26.2 Å². The highest BCUT2D eigenvalue weighted by Gasteiger charge is 2.20. The summed E-state index contributed by atoms with van der Waals surface area (Å²) in [6, 6.07) is 7.74. The van der Waals surface area contributed by atoms with Gasteiger partial charge in [0.25, 0.3) is 5.91 Å². The smallest absolute Gasteiger partial charge is 0.272 e. The lowest BCUT2D eigenvalue weighted by molar-refractivity contribution is 0.0718. The molecule has 2 aromatic rings. The number of rotatable bonds is 3. The number of anilines is 2. The van der Waals surface area contributed by atoms with Crippen molar-refractivity contribution in [3.05, 3.63) is 47.5 Å². The molecule has 1 aromatic carbocycles. The van der Waals surface area contributed by atoms with Gasteiger partial charge in [0.1, 0.15) is 11.5 Å². The van der Waals surface area contributed by atoms with Crippen LogP contribution < -0.4 is 5.32 Å². The van der Waals surface area contributed by atoms with Crippen LogP contribution in [-0.4, -0.2) is 33.9 Å². The second-order valence-corrected chi connectivity index (χ2v) is 5.71. The summed E-state index contributed by atoms with van der Waals surface area (Å²) in [5.41, 5.74) is 1.62. The fourth-order valence-corrected chi connectivity index (χ4v) is 2.69. The van der Waals surface area contributed by atoms with Gasteiger partial charge in [0.2, 0.25) is 5.95 Å². The van der Waals surface area contributed by atoms with E-state index in [0.29, 0.717) is 23.0 Å². The van der Waals surface area contributed by atoms with Gasteiger partial charge in [-0.2, -0.15) is 0 Å². The Morgan fingerprint density at radius 2 is 1.96 bits per heavy atom. The average Bonchev–Trinajstić information content (AvgIpc) is 2.54. The van der Waals surface area contributed by atoms with Crippen LogP contribution in [0.2, 0.25) is 0 Å². The van der Waals surface area contributed by atoms with Gasteiger partial charge in [0, 0.05) is 24.5 Å². The zero-order valence-electron chi connectivity index (χ0n) is 13.1. The first-order valence-electron chi connectivity index (χ1n) is 7.79. The van der Waals surface area contributed by atoms with Gasteiger partial charge in [-0.05, 0) is 50.5 Å². The molecule has 1 aliphatic heterocycles. The van der Waals surface area contributed by atoms with Gasteiger partial charge in [-0.3, -0.25) is 4.79 Å². The van der Waals surface area contributed by atoms with Crippen LogP contribution in [0.1, 0.15) is 35.4 Å². The number of halogens is 1. The Morgan fingerprint density at radius 3 is 2.70 bits per heavy atom. The van der Waals surface area contributed by atoms with Crippen LogP contribution in [0.5, 0.6) is 0 Å². The molecule has 1 saturated heterocycles. The Balaban J connectivity index is 1.82. The summed E-state index contributed by atoms with van der Waals surface area (Å²) < 4.78 is 13.3. The summed E-state index contributed by atoms with van der Waals surface area (Å²) in [6.45, 7) is 3.36. The van der Waals surface area contributed by atoms with Crippen molar-refractivity contribution in [1.82, 2.24) is 14.9 Å². The van der Waals surface area contributed by atoms with Crippen molar-refractivity contribution < 1.29 is 9.18 Å². The van der Waals surface area contributed by atoms with Gasteiger partial charge in [0.15, 0.2) is 0 Å². The summed E-state index contributed by atoms with van der Waals surface area (Å²) in [5.74, 6) is -0.110. The number of aromatic nitrogens is 2. The molecule has 1 N–H and O–H groups in total. The lowest BCUT2D eigenvalue weighted by atomic mass is 10.1. The van der Waals surface area contributed by atoms with Crippen molar-refractivity contribution in [2.24, 2.45) is 0 Å². The zero-order chi connectivity index (χ0) is 16.2. The maximum absolute atomic E-state index is 13.3.